The number of carbonyl (C=O) groups excluding carboxylic acids is 2. The predicted octanol–water partition coefficient (Wildman–Crippen LogP) is 4.16. The zero-order chi connectivity index (χ0) is 25.2. The molecule has 3 heterocycles. The first kappa shape index (κ1) is 24.8. The molecule has 0 aliphatic carbocycles. The zero-order valence-corrected chi connectivity index (χ0v) is 21.5. The van der Waals surface area contributed by atoms with E-state index in [1.807, 2.05) is 6.92 Å². The maximum Gasteiger partial charge on any atom is 0.234 e. The number of nitrogens with zero attached hydrogens (tertiary/aromatic N) is 4. The molecule has 3 aromatic rings. The van der Waals surface area contributed by atoms with E-state index < -0.39 is 5.92 Å². The minimum Gasteiger partial charge on any atom is -0.379 e. The molecular formula is C27H31FN4O3S. The van der Waals surface area contributed by atoms with Crippen molar-refractivity contribution < 1.29 is 18.7 Å². The molecule has 2 aromatic carbocycles. The molecule has 0 saturated carbocycles. The van der Waals surface area contributed by atoms with E-state index >= 15 is 0 Å². The van der Waals surface area contributed by atoms with Crippen LogP contribution in [0.3, 0.4) is 0 Å². The number of halogens is 1. The first-order valence-corrected chi connectivity index (χ1v) is 13.3. The molecule has 5 rings (SSSR count). The molecule has 2 saturated heterocycles. The summed E-state index contributed by atoms with van der Waals surface area (Å²) >= 11 is 1.54. The first-order valence-electron chi connectivity index (χ1n) is 12.4. The minimum atomic E-state index is -0.472. The Balaban J connectivity index is 1.38. The van der Waals surface area contributed by atoms with Crippen molar-refractivity contribution in [1.29, 1.82) is 0 Å². The topological polar surface area (TPSA) is 66.0 Å². The summed E-state index contributed by atoms with van der Waals surface area (Å²) in [7, 11) is 0. The predicted molar refractivity (Wildman–Crippen MR) is 140 cm³/mol. The SMILES string of the molecule is Cc1ccc(C)c2sc(N(CCCN3CCOCC3)C(=O)C3CC(=O)N(c4ccc(F)cc4)C3)nc12. The molecule has 0 radical (unpaired) electrons. The summed E-state index contributed by atoms with van der Waals surface area (Å²) in [6, 6.07) is 9.98. The van der Waals surface area contributed by atoms with Gasteiger partial charge in [-0.2, -0.15) is 0 Å². The van der Waals surface area contributed by atoms with Crippen LogP contribution < -0.4 is 9.80 Å². The van der Waals surface area contributed by atoms with Crippen LogP contribution in [0.1, 0.15) is 24.0 Å². The molecular weight excluding hydrogens is 479 g/mol. The number of thiazole rings is 1. The smallest absolute Gasteiger partial charge is 0.234 e. The maximum atomic E-state index is 13.9. The molecule has 0 bridgehead atoms. The van der Waals surface area contributed by atoms with Crippen molar-refractivity contribution in [3.63, 3.8) is 0 Å². The summed E-state index contributed by atoms with van der Waals surface area (Å²) in [6.45, 7) is 9.07. The van der Waals surface area contributed by atoms with Crippen molar-refractivity contribution >= 4 is 44.2 Å². The van der Waals surface area contributed by atoms with Crippen LogP contribution in [0.25, 0.3) is 10.2 Å². The number of aromatic nitrogens is 1. The number of rotatable bonds is 7. The Hall–Kier alpha value is -2.88. The number of amides is 2. The van der Waals surface area contributed by atoms with Crippen LogP contribution in [-0.2, 0) is 14.3 Å². The lowest BCUT2D eigenvalue weighted by Gasteiger charge is -2.28. The van der Waals surface area contributed by atoms with Crippen molar-refractivity contribution in [3.05, 3.63) is 53.3 Å². The Bertz CT molecular complexity index is 1220. The number of hydrogen-bond acceptors (Lipinski definition) is 6. The monoisotopic (exact) mass is 510 g/mol. The van der Waals surface area contributed by atoms with Gasteiger partial charge in [-0.15, -0.1) is 0 Å². The second kappa shape index (κ2) is 10.6. The molecule has 1 unspecified atom stereocenters. The van der Waals surface area contributed by atoms with Crippen molar-refractivity contribution in [2.24, 2.45) is 5.92 Å². The average molecular weight is 511 g/mol. The number of carbonyl (C=O) groups is 2. The Morgan fingerprint density at radius 2 is 1.86 bits per heavy atom. The maximum absolute atomic E-state index is 13.9. The number of fused-ring (bicyclic) bond motifs is 1. The van der Waals surface area contributed by atoms with Gasteiger partial charge in [-0.3, -0.25) is 19.4 Å². The summed E-state index contributed by atoms with van der Waals surface area (Å²) in [5, 5.41) is 0.682. The normalized spacial score (nSPS) is 18.8. The Labute approximate surface area is 214 Å². The van der Waals surface area contributed by atoms with Gasteiger partial charge in [-0.05, 0) is 55.7 Å². The molecule has 9 heteroatoms. The van der Waals surface area contributed by atoms with Crippen LogP contribution in [0.15, 0.2) is 36.4 Å². The number of anilines is 2. The van der Waals surface area contributed by atoms with Gasteiger partial charge in [0.15, 0.2) is 5.13 Å². The van der Waals surface area contributed by atoms with Crippen molar-refractivity contribution in [2.45, 2.75) is 26.7 Å². The van der Waals surface area contributed by atoms with E-state index in [0.717, 1.165) is 60.6 Å². The van der Waals surface area contributed by atoms with E-state index in [2.05, 4.69) is 24.0 Å². The number of ether oxygens (including phenoxy) is 1. The number of morpholine rings is 1. The van der Waals surface area contributed by atoms with Crippen LogP contribution in [0.5, 0.6) is 0 Å². The van der Waals surface area contributed by atoms with Crippen LogP contribution in [0, 0.1) is 25.6 Å². The third-order valence-electron chi connectivity index (χ3n) is 7.00. The van der Waals surface area contributed by atoms with Crippen LogP contribution in [0.4, 0.5) is 15.2 Å². The quantitative estimate of drug-likeness (QED) is 0.478. The van der Waals surface area contributed by atoms with Gasteiger partial charge in [0.1, 0.15) is 5.82 Å². The van der Waals surface area contributed by atoms with E-state index in [4.69, 9.17) is 9.72 Å². The summed E-state index contributed by atoms with van der Waals surface area (Å²) in [5.41, 5.74) is 3.76. The molecule has 2 aliphatic heterocycles. The van der Waals surface area contributed by atoms with Crippen LogP contribution in [-0.4, -0.2) is 67.6 Å². The third-order valence-corrected chi connectivity index (χ3v) is 8.21. The van der Waals surface area contributed by atoms with Crippen LogP contribution in [0.2, 0.25) is 0 Å². The second-order valence-corrected chi connectivity index (χ2v) is 10.5. The van der Waals surface area contributed by atoms with Gasteiger partial charge in [0.2, 0.25) is 11.8 Å². The van der Waals surface area contributed by atoms with E-state index in [1.54, 1.807) is 21.9 Å². The van der Waals surface area contributed by atoms with E-state index in [0.29, 0.717) is 17.4 Å². The van der Waals surface area contributed by atoms with Crippen molar-refractivity contribution in [3.8, 4) is 0 Å². The number of benzene rings is 2. The molecule has 190 valence electrons. The van der Waals surface area contributed by atoms with Gasteiger partial charge in [0.25, 0.3) is 0 Å². The molecule has 2 aliphatic rings. The fourth-order valence-electron chi connectivity index (χ4n) is 4.90. The molecule has 36 heavy (non-hydrogen) atoms. The Kier molecular flexibility index (Phi) is 7.32. The lowest BCUT2D eigenvalue weighted by atomic mass is 10.1. The standard InChI is InChI=1S/C27H31FN4O3S/c1-18-4-5-19(2)25-24(18)29-27(36-25)31(11-3-10-30-12-14-35-15-13-30)26(34)20-16-23(33)32(17-20)22-8-6-21(28)7-9-22/h4-9,20H,3,10-17H2,1-2H3. The Morgan fingerprint density at radius 3 is 2.58 bits per heavy atom. The van der Waals surface area contributed by atoms with Crippen molar-refractivity contribution in [2.75, 3.05) is 55.7 Å². The highest BCUT2D eigenvalue weighted by atomic mass is 32.1. The molecule has 1 aromatic heterocycles. The van der Waals surface area contributed by atoms with E-state index in [1.165, 1.54) is 23.5 Å². The number of hydrogen-bond donors (Lipinski definition) is 0. The highest BCUT2D eigenvalue weighted by Crippen LogP contribution is 2.35. The molecule has 7 nitrogen and oxygen atoms in total. The van der Waals surface area contributed by atoms with Gasteiger partial charge in [-0.1, -0.05) is 23.5 Å². The lowest BCUT2D eigenvalue weighted by molar-refractivity contribution is -0.124. The minimum absolute atomic E-state index is 0.0794. The molecule has 2 amide bonds. The van der Waals surface area contributed by atoms with Gasteiger partial charge in [0.05, 0.1) is 29.3 Å². The molecule has 2 fully saturated rings. The summed E-state index contributed by atoms with van der Waals surface area (Å²) in [4.78, 5) is 37.3. The summed E-state index contributed by atoms with van der Waals surface area (Å²) < 4.78 is 19.9. The first-order chi connectivity index (χ1) is 17.4. The average Bonchev–Trinajstić information content (AvgIpc) is 3.50. The van der Waals surface area contributed by atoms with E-state index in [9.17, 15) is 14.0 Å². The van der Waals surface area contributed by atoms with Gasteiger partial charge in [0, 0.05) is 44.8 Å². The highest BCUT2D eigenvalue weighted by molar-refractivity contribution is 7.22. The fourth-order valence-corrected chi connectivity index (χ4v) is 6.05. The third kappa shape index (κ3) is 5.14. The Morgan fingerprint density at radius 1 is 1.14 bits per heavy atom. The van der Waals surface area contributed by atoms with Gasteiger partial charge < -0.3 is 9.64 Å². The largest absolute Gasteiger partial charge is 0.379 e. The zero-order valence-electron chi connectivity index (χ0n) is 20.7. The molecule has 1 atom stereocenters. The lowest BCUT2D eigenvalue weighted by Crippen LogP contribution is -2.41. The van der Waals surface area contributed by atoms with E-state index in [-0.39, 0.29) is 30.6 Å². The van der Waals surface area contributed by atoms with Crippen molar-refractivity contribution in [1.82, 2.24) is 9.88 Å². The molecule has 0 N–H and O–H groups in total. The summed E-state index contributed by atoms with van der Waals surface area (Å²) in [6.07, 6.45) is 0.946. The van der Waals surface area contributed by atoms with Gasteiger partial charge in [-0.25, -0.2) is 9.37 Å². The van der Waals surface area contributed by atoms with Gasteiger partial charge >= 0.3 is 0 Å². The van der Waals surface area contributed by atoms with Crippen LogP contribution >= 0.6 is 11.3 Å². The number of aryl methyl sites for hydroxylation is 2. The highest BCUT2D eigenvalue weighted by Gasteiger charge is 2.38. The summed E-state index contributed by atoms with van der Waals surface area (Å²) in [5.74, 6) is -1.03. The fraction of sp³-hybridized carbons (Fsp3) is 0.444. The molecule has 0 spiro atoms. The second-order valence-electron chi connectivity index (χ2n) is 9.55.